The summed E-state index contributed by atoms with van der Waals surface area (Å²) in [5.74, 6) is -0.276. The lowest BCUT2D eigenvalue weighted by Crippen LogP contribution is -2.29. The molecule has 0 aliphatic carbocycles. The minimum atomic E-state index is -0.390. The van der Waals surface area contributed by atoms with E-state index in [-0.39, 0.29) is 24.4 Å². The molecule has 4 nitrogen and oxygen atoms in total. The first-order chi connectivity index (χ1) is 9.58. The topological polar surface area (TPSA) is 50.4 Å². The maximum absolute atomic E-state index is 13.3. The van der Waals surface area contributed by atoms with Gasteiger partial charge in [-0.05, 0) is 19.5 Å². The van der Waals surface area contributed by atoms with Crippen molar-refractivity contribution in [3.05, 3.63) is 42.2 Å². The van der Waals surface area contributed by atoms with E-state index in [9.17, 15) is 9.18 Å². The molecule has 0 bridgehead atoms. The van der Waals surface area contributed by atoms with E-state index in [0.717, 1.165) is 12.1 Å². The summed E-state index contributed by atoms with van der Waals surface area (Å²) in [6.45, 7) is 8.48. The van der Waals surface area contributed by atoms with Crippen molar-refractivity contribution >= 4 is 5.91 Å². The molecule has 0 saturated heterocycles. The molecule has 1 aromatic rings. The number of hydrogen-bond acceptors (Lipinski definition) is 3. The first-order valence-electron chi connectivity index (χ1n) is 6.61. The molecule has 0 aliphatic rings. The summed E-state index contributed by atoms with van der Waals surface area (Å²) in [5.41, 5.74) is 0.824. The molecule has 0 heterocycles. The molecule has 0 aromatic heterocycles. The van der Waals surface area contributed by atoms with Gasteiger partial charge in [-0.2, -0.15) is 0 Å². The molecule has 2 N–H and O–H groups in total. The normalized spacial score (nSPS) is 11.8. The van der Waals surface area contributed by atoms with Crippen molar-refractivity contribution in [1.82, 2.24) is 10.6 Å². The highest BCUT2D eigenvalue weighted by Crippen LogP contribution is 2.26. The van der Waals surface area contributed by atoms with Crippen LogP contribution < -0.4 is 15.4 Å². The third kappa shape index (κ3) is 5.01. The van der Waals surface area contributed by atoms with Crippen molar-refractivity contribution in [3.63, 3.8) is 0 Å². The minimum Gasteiger partial charge on any atom is -0.483 e. The Balaban J connectivity index is 2.74. The standard InChI is InChI=1S/C15H21FN2O2/c1-4-8-18-15(19)10-20-14-9-12(16)6-7-13(14)11(3)17-5-2/h4,6-7,9,11,17H,1,5,8,10H2,2-3H3,(H,18,19). The monoisotopic (exact) mass is 280 g/mol. The van der Waals surface area contributed by atoms with Crippen molar-refractivity contribution in [2.75, 3.05) is 19.7 Å². The van der Waals surface area contributed by atoms with Crippen LogP contribution in [0.25, 0.3) is 0 Å². The number of benzene rings is 1. The highest BCUT2D eigenvalue weighted by molar-refractivity contribution is 5.77. The van der Waals surface area contributed by atoms with Gasteiger partial charge >= 0.3 is 0 Å². The van der Waals surface area contributed by atoms with Gasteiger partial charge in [0.05, 0.1) is 0 Å². The lowest BCUT2D eigenvalue weighted by molar-refractivity contribution is -0.122. The summed E-state index contributed by atoms with van der Waals surface area (Å²) in [5, 5.41) is 5.83. The van der Waals surface area contributed by atoms with Gasteiger partial charge in [0.1, 0.15) is 11.6 Å². The Kier molecular flexibility index (Phi) is 6.73. The van der Waals surface area contributed by atoms with Crippen molar-refractivity contribution in [1.29, 1.82) is 0 Å². The Morgan fingerprint density at radius 3 is 2.95 bits per heavy atom. The van der Waals surface area contributed by atoms with Crippen LogP contribution in [-0.2, 0) is 4.79 Å². The van der Waals surface area contributed by atoms with Crippen molar-refractivity contribution < 1.29 is 13.9 Å². The van der Waals surface area contributed by atoms with E-state index in [1.807, 2.05) is 13.8 Å². The number of carbonyl (C=O) groups excluding carboxylic acids is 1. The van der Waals surface area contributed by atoms with Gasteiger partial charge in [0.15, 0.2) is 6.61 Å². The third-order valence-electron chi connectivity index (χ3n) is 2.75. The van der Waals surface area contributed by atoms with Gasteiger partial charge in [-0.25, -0.2) is 4.39 Å². The van der Waals surface area contributed by atoms with Crippen molar-refractivity contribution in [2.24, 2.45) is 0 Å². The van der Waals surface area contributed by atoms with Crippen LogP contribution in [0.4, 0.5) is 4.39 Å². The predicted molar refractivity (Wildman–Crippen MR) is 77.2 cm³/mol. The number of rotatable bonds is 8. The Labute approximate surface area is 119 Å². The number of amides is 1. The van der Waals surface area contributed by atoms with Crippen LogP contribution in [0.1, 0.15) is 25.5 Å². The van der Waals surface area contributed by atoms with Crippen LogP contribution in [0, 0.1) is 5.82 Å². The van der Waals surface area contributed by atoms with Gasteiger partial charge in [-0.3, -0.25) is 4.79 Å². The fourth-order valence-corrected chi connectivity index (χ4v) is 1.79. The summed E-state index contributed by atoms with van der Waals surface area (Å²) < 4.78 is 18.7. The van der Waals surface area contributed by atoms with Gasteiger partial charge in [-0.1, -0.05) is 19.1 Å². The smallest absolute Gasteiger partial charge is 0.258 e. The van der Waals surface area contributed by atoms with Crippen LogP contribution >= 0.6 is 0 Å². The van der Waals surface area contributed by atoms with E-state index < -0.39 is 0 Å². The molecule has 5 heteroatoms. The largest absolute Gasteiger partial charge is 0.483 e. The van der Waals surface area contributed by atoms with Crippen LogP contribution in [0.5, 0.6) is 5.75 Å². The van der Waals surface area contributed by atoms with Crippen LogP contribution in [0.2, 0.25) is 0 Å². The van der Waals surface area contributed by atoms with Crippen LogP contribution in [-0.4, -0.2) is 25.6 Å². The fourth-order valence-electron chi connectivity index (χ4n) is 1.79. The minimum absolute atomic E-state index is 0.0202. The number of ether oxygens (including phenoxy) is 1. The lowest BCUT2D eigenvalue weighted by Gasteiger charge is -2.17. The van der Waals surface area contributed by atoms with Crippen molar-refractivity contribution in [3.8, 4) is 5.75 Å². The van der Waals surface area contributed by atoms with E-state index in [1.54, 1.807) is 12.1 Å². The molecule has 0 spiro atoms. The van der Waals surface area contributed by atoms with E-state index in [1.165, 1.54) is 12.1 Å². The van der Waals surface area contributed by atoms with Crippen LogP contribution in [0.3, 0.4) is 0 Å². The molecular weight excluding hydrogens is 259 g/mol. The molecule has 1 aromatic carbocycles. The zero-order chi connectivity index (χ0) is 15.0. The van der Waals surface area contributed by atoms with Crippen LogP contribution in [0.15, 0.2) is 30.9 Å². The summed E-state index contributed by atoms with van der Waals surface area (Å²) in [6, 6.07) is 4.36. The van der Waals surface area contributed by atoms with Gasteiger partial charge in [0, 0.05) is 24.2 Å². The summed E-state index contributed by atoms with van der Waals surface area (Å²) in [4.78, 5) is 11.5. The van der Waals surface area contributed by atoms with E-state index >= 15 is 0 Å². The molecule has 110 valence electrons. The third-order valence-corrected chi connectivity index (χ3v) is 2.75. The Morgan fingerprint density at radius 2 is 2.30 bits per heavy atom. The number of halogens is 1. The zero-order valence-corrected chi connectivity index (χ0v) is 11.9. The molecule has 0 saturated carbocycles. The van der Waals surface area contributed by atoms with Gasteiger partial charge < -0.3 is 15.4 Å². The van der Waals surface area contributed by atoms with E-state index in [2.05, 4.69) is 17.2 Å². The first-order valence-corrected chi connectivity index (χ1v) is 6.61. The molecule has 0 aliphatic heterocycles. The van der Waals surface area contributed by atoms with Gasteiger partial charge in [0.25, 0.3) is 5.91 Å². The van der Waals surface area contributed by atoms with E-state index in [0.29, 0.717) is 12.3 Å². The zero-order valence-electron chi connectivity index (χ0n) is 11.9. The van der Waals surface area contributed by atoms with Gasteiger partial charge in [-0.15, -0.1) is 6.58 Å². The molecule has 1 atom stereocenters. The number of carbonyl (C=O) groups is 1. The average Bonchev–Trinajstić information content (AvgIpc) is 2.43. The second kappa shape index (κ2) is 8.32. The predicted octanol–water partition coefficient (Wildman–Crippen LogP) is 2.18. The molecule has 20 heavy (non-hydrogen) atoms. The second-order valence-electron chi connectivity index (χ2n) is 4.34. The maximum atomic E-state index is 13.3. The first kappa shape index (κ1) is 16.2. The average molecular weight is 280 g/mol. The quantitative estimate of drug-likeness (QED) is 0.718. The summed E-state index contributed by atoms with van der Waals surface area (Å²) >= 11 is 0. The lowest BCUT2D eigenvalue weighted by atomic mass is 10.1. The van der Waals surface area contributed by atoms with E-state index in [4.69, 9.17) is 4.74 Å². The maximum Gasteiger partial charge on any atom is 0.258 e. The summed E-state index contributed by atoms with van der Waals surface area (Å²) in [7, 11) is 0. The van der Waals surface area contributed by atoms with Crippen molar-refractivity contribution in [2.45, 2.75) is 19.9 Å². The number of hydrogen-bond donors (Lipinski definition) is 2. The molecule has 1 amide bonds. The summed E-state index contributed by atoms with van der Waals surface area (Å²) in [6.07, 6.45) is 1.58. The SMILES string of the molecule is C=CCNC(=O)COc1cc(F)ccc1C(C)NCC. The Hall–Kier alpha value is -1.88. The molecule has 0 radical (unpaired) electrons. The van der Waals surface area contributed by atoms with Gasteiger partial charge in [0.2, 0.25) is 0 Å². The molecule has 1 unspecified atom stereocenters. The molecule has 0 fully saturated rings. The molecular formula is C15H21FN2O2. The Morgan fingerprint density at radius 1 is 1.55 bits per heavy atom. The fraction of sp³-hybridized carbons (Fsp3) is 0.400. The molecule has 1 rings (SSSR count). The number of nitrogens with one attached hydrogen (secondary N) is 2. The second-order valence-corrected chi connectivity index (χ2v) is 4.34. The highest BCUT2D eigenvalue weighted by atomic mass is 19.1. The highest BCUT2D eigenvalue weighted by Gasteiger charge is 2.13. The Bertz CT molecular complexity index is 463.